The fraction of sp³-hybridized carbons (Fsp3) is 0.933. The van der Waals surface area contributed by atoms with Gasteiger partial charge in [-0.1, -0.05) is 20.8 Å². The Balaban J connectivity index is 2.22. The molecule has 4 nitrogen and oxygen atoms in total. The van der Waals surface area contributed by atoms with Crippen molar-refractivity contribution in [3.63, 3.8) is 0 Å². The normalized spacial score (nSPS) is 22.5. The maximum absolute atomic E-state index is 11.7. The standard InChI is InChI=1S/C15H31N3O/c1-5-18-8-6-7-14(11-18)13(4)16-10-15(19)17-9-12(2)3/h12-14,16H,5-11H2,1-4H3,(H,17,19). The first-order chi connectivity index (χ1) is 9.02. The topological polar surface area (TPSA) is 44.4 Å². The molecule has 0 bridgehead atoms. The van der Waals surface area contributed by atoms with E-state index in [0.717, 1.165) is 19.6 Å². The van der Waals surface area contributed by atoms with Gasteiger partial charge in [-0.3, -0.25) is 4.79 Å². The van der Waals surface area contributed by atoms with Crippen LogP contribution in [0.3, 0.4) is 0 Å². The second-order valence-corrected chi connectivity index (χ2v) is 6.16. The first kappa shape index (κ1) is 16.4. The fourth-order valence-corrected chi connectivity index (χ4v) is 2.59. The van der Waals surface area contributed by atoms with Crippen LogP contribution in [-0.4, -0.2) is 49.6 Å². The van der Waals surface area contributed by atoms with E-state index in [1.54, 1.807) is 0 Å². The molecule has 1 heterocycles. The number of piperidine rings is 1. The molecule has 2 atom stereocenters. The smallest absolute Gasteiger partial charge is 0.233 e. The van der Waals surface area contributed by atoms with Gasteiger partial charge in [-0.05, 0) is 44.7 Å². The van der Waals surface area contributed by atoms with E-state index in [4.69, 9.17) is 0 Å². The fourth-order valence-electron chi connectivity index (χ4n) is 2.59. The molecule has 112 valence electrons. The first-order valence-electron chi connectivity index (χ1n) is 7.75. The van der Waals surface area contributed by atoms with Gasteiger partial charge in [0.05, 0.1) is 6.54 Å². The highest BCUT2D eigenvalue weighted by Gasteiger charge is 2.23. The van der Waals surface area contributed by atoms with Gasteiger partial charge in [0.2, 0.25) is 5.91 Å². The van der Waals surface area contributed by atoms with Crippen LogP contribution >= 0.6 is 0 Å². The van der Waals surface area contributed by atoms with Crippen molar-refractivity contribution in [1.82, 2.24) is 15.5 Å². The van der Waals surface area contributed by atoms with E-state index < -0.39 is 0 Å². The average Bonchev–Trinajstić information content (AvgIpc) is 2.42. The Morgan fingerprint density at radius 1 is 1.37 bits per heavy atom. The molecule has 0 aliphatic carbocycles. The molecule has 0 aromatic heterocycles. The molecule has 0 spiro atoms. The summed E-state index contributed by atoms with van der Waals surface area (Å²) >= 11 is 0. The summed E-state index contributed by atoms with van der Waals surface area (Å²) in [5.74, 6) is 1.30. The summed E-state index contributed by atoms with van der Waals surface area (Å²) in [7, 11) is 0. The van der Waals surface area contributed by atoms with Crippen molar-refractivity contribution >= 4 is 5.91 Å². The minimum Gasteiger partial charge on any atom is -0.355 e. The lowest BCUT2D eigenvalue weighted by molar-refractivity contribution is -0.120. The molecule has 1 saturated heterocycles. The predicted octanol–water partition coefficient (Wildman–Crippen LogP) is 1.47. The van der Waals surface area contributed by atoms with E-state index in [1.165, 1.54) is 19.4 Å². The van der Waals surface area contributed by atoms with Gasteiger partial charge in [0, 0.05) is 19.1 Å². The zero-order valence-electron chi connectivity index (χ0n) is 13.0. The lowest BCUT2D eigenvalue weighted by atomic mass is 9.91. The number of nitrogens with one attached hydrogen (secondary N) is 2. The molecule has 4 heteroatoms. The summed E-state index contributed by atoms with van der Waals surface area (Å²) < 4.78 is 0. The Morgan fingerprint density at radius 2 is 2.11 bits per heavy atom. The number of carbonyl (C=O) groups is 1. The zero-order chi connectivity index (χ0) is 14.3. The summed E-state index contributed by atoms with van der Waals surface area (Å²) in [6.07, 6.45) is 2.56. The highest BCUT2D eigenvalue weighted by atomic mass is 16.1. The first-order valence-corrected chi connectivity index (χ1v) is 7.75. The third kappa shape index (κ3) is 6.39. The number of hydrogen-bond acceptors (Lipinski definition) is 3. The van der Waals surface area contributed by atoms with Gasteiger partial charge in [-0.2, -0.15) is 0 Å². The molecule has 1 rings (SSSR count). The molecule has 2 unspecified atom stereocenters. The van der Waals surface area contributed by atoms with Gasteiger partial charge in [-0.15, -0.1) is 0 Å². The van der Waals surface area contributed by atoms with Crippen LogP contribution in [0, 0.1) is 11.8 Å². The average molecular weight is 269 g/mol. The van der Waals surface area contributed by atoms with Crippen LogP contribution in [0.2, 0.25) is 0 Å². The quantitative estimate of drug-likeness (QED) is 0.735. The van der Waals surface area contributed by atoms with Crippen LogP contribution in [0.4, 0.5) is 0 Å². The molecule has 0 aromatic rings. The third-order valence-electron chi connectivity index (χ3n) is 3.99. The Bertz CT molecular complexity index is 268. The van der Waals surface area contributed by atoms with Gasteiger partial charge in [0.15, 0.2) is 0 Å². The van der Waals surface area contributed by atoms with Gasteiger partial charge in [0.25, 0.3) is 0 Å². The van der Waals surface area contributed by atoms with Crippen LogP contribution in [0.25, 0.3) is 0 Å². The Labute approximate surface area is 118 Å². The maximum atomic E-state index is 11.7. The van der Waals surface area contributed by atoms with Gasteiger partial charge < -0.3 is 15.5 Å². The Morgan fingerprint density at radius 3 is 2.74 bits per heavy atom. The minimum absolute atomic E-state index is 0.115. The molecule has 0 aromatic carbocycles. The van der Waals surface area contributed by atoms with E-state index in [2.05, 4.69) is 43.2 Å². The number of rotatable bonds is 7. The molecule has 1 aliphatic heterocycles. The molecular formula is C15H31N3O. The zero-order valence-corrected chi connectivity index (χ0v) is 13.0. The summed E-state index contributed by atoms with van der Waals surface area (Å²) in [4.78, 5) is 14.2. The highest BCUT2D eigenvalue weighted by molar-refractivity contribution is 5.77. The van der Waals surface area contributed by atoms with E-state index >= 15 is 0 Å². The van der Waals surface area contributed by atoms with Crippen molar-refractivity contribution in [1.29, 1.82) is 0 Å². The van der Waals surface area contributed by atoms with E-state index in [1.807, 2.05) is 0 Å². The Hall–Kier alpha value is -0.610. The van der Waals surface area contributed by atoms with Gasteiger partial charge >= 0.3 is 0 Å². The van der Waals surface area contributed by atoms with Crippen molar-refractivity contribution in [3.05, 3.63) is 0 Å². The minimum atomic E-state index is 0.115. The number of likely N-dealkylation sites (tertiary alicyclic amines) is 1. The summed E-state index contributed by atoms with van der Waals surface area (Å²) in [6.45, 7) is 13.4. The monoisotopic (exact) mass is 269 g/mol. The van der Waals surface area contributed by atoms with E-state index in [0.29, 0.717) is 24.4 Å². The molecule has 2 N–H and O–H groups in total. The number of nitrogens with zero attached hydrogens (tertiary/aromatic N) is 1. The van der Waals surface area contributed by atoms with E-state index in [9.17, 15) is 4.79 Å². The lowest BCUT2D eigenvalue weighted by Crippen LogP contribution is -2.47. The lowest BCUT2D eigenvalue weighted by Gasteiger charge is -2.35. The van der Waals surface area contributed by atoms with Crippen molar-refractivity contribution < 1.29 is 4.79 Å². The van der Waals surface area contributed by atoms with Crippen LogP contribution in [0.5, 0.6) is 0 Å². The highest BCUT2D eigenvalue weighted by Crippen LogP contribution is 2.19. The van der Waals surface area contributed by atoms with Gasteiger partial charge in [-0.25, -0.2) is 0 Å². The van der Waals surface area contributed by atoms with Crippen LogP contribution in [0.15, 0.2) is 0 Å². The van der Waals surface area contributed by atoms with Crippen molar-refractivity contribution in [2.45, 2.75) is 46.6 Å². The second kappa shape index (κ2) is 8.54. The molecule has 1 aliphatic rings. The van der Waals surface area contributed by atoms with Crippen LogP contribution in [-0.2, 0) is 4.79 Å². The number of carbonyl (C=O) groups excluding carboxylic acids is 1. The predicted molar refractivity (Wildman–Crippen MR) is 80.2 cm³/mol. The molecule has 19 heavy (non-hydrogen) atoms. The van der Waals surface area contributed by atoms with Crippen LogP contribution < -0.4 is 10.6 Å². The third-order valence-corrected chi connectivity index (χ3v) is 3.99. The summed E-state index contributed by atoms with van der Waals surface area (Å²) in [5, 5.41) is 6.33. The largest absolute Gasteiger partial charge is 0.355 e. The maximum Gasteiger partial charge on any atom is 0.233 e. The summed E-state index contributed by atoms with van der Waals surface area (Å²) in [5.41, 5.74) is 0. The van der Waals surface area contributed by atoms with Crippen molar-refractivity contribution in [2.24, 2.45) is 11.8 Å². The number of amides is 1. The second-order valence-electron chi connectivity index (χ2n) is 6.16. The van der Waals surface area contributed by atoms with Crippen LogP contribution in [0.1, 0.15) is 40.5 Å². The molecule has 1 amide bonds. The number of hydrogen-bond donors (Lipinski definition) is 2. The van der Waals surface area contributed by atoms with Crippen molar-refractivity contribution in [3.8, 4) is 0 Å². The SMILES string of the molecule is CCN1CCCC(C(C)NCC(=O)NCC(C)C)C1. The molecule has 0 saturated carbocycles. The summed E-state index contributed by atoms with van der Waals surface area (Å²) in [6, 6.07) is 0.416. The van der Waals surface area contributed by atoms with Gasteiger partial charge in [0.1, 0.15) is 0 Å². The molecule has 1 fully saturated rings. The Kier molecular flexibility index (Phi) is 7.39. The molecule has 0 radical (unpaired) electrons. The molecular weight excluding hydrogens is 238 g/mol. The van der Waals surface area contributed by atoms with E-state index in [-0.39, 0.29) is 5.91 Å². The van der Waals surface area contributed by atoms with Crippen molar-refractivity contribution in [2.75, 3.05) is 32.7 Å².